The zero-order valence-corrected chi connectivity index (χ0v) is 8.65. The average molecular weight is 223 g/mol. The summed E-state index contributed by atoms with van der Waals surface area (Å²) in [7, 11) is 0. The fraction of sp³-hybridized carbons (Fsp3) is 0.100. The molecular weight excluding hydrogens is 216 g/mol. The Labute approximate surface area is 90.9 Å². The van der Waals surface area contributed by atoms with E-state index in [1.54, 1.807) is 31.3 Å². The first-order chi connectivity index (χ1) is 7.20. The molecule has 2 heterocycles. The molecule has 0 saturated heterocycles. The number of hydrogen-bond donors (Lipinski definition) is 0. The average Bonchev–Trinajstić information content (AvgIpc) is 2.61. The van der Waals surface area contributed by atoms with Crippen molar-refractivity contribution in [2.75, 3.05) is 0 Å². The van der Waals surface area contributed by atoms with Gasteiger partial charge in [-0.2, -0.15) is 0 Å². The highest BCUT2D eigenvalue weighted by Gasteiger charge is 2.20. The maximum atomic E-state index is 11.2. The highest BCUT2D eigenvalue weighted by atomic mass is 35.5. The predicted octanol–water partition coefficient (Wildman–Crippen LogP) is 2.42. The van der Waals surface area contributed by atoms with E-state index in [9.17, 15) is 4.79 Å². The Kier molecular flexibility index (Phi) is 2.51. The summed E-state index contributed by atoms with van der Waals surface area (Å²) in [5.41, 5.74) is 1.22. The molecule has 15 heavy (non-hydrogen) atoms. The fourth-order valence-electron chi connectivity index (χ4n) is 1.28. The minimum Gasteiger partial charge on any atom is -0.360 e. The van der Waals surface area contributed by atoms with Crippen molar-refractivity contribution in [2.24, 2.45) is 0 Å². The minimum atomic E-state index is -0.589. The van der Waals surface area contributed by atoms with Gasteiger partial charge in [-0.15, -0.1) is 0 Å². The van der Waals surface area contributed by atoms with Gasteiger partial charge in [-0.3, -0.25) is 9.78 Å². The van der Waals surface area contributed by atoms with E-state index >= 15 is 0 Å². The number of aryl methyl sites for hydroxylation is 1. The number of aromatic nitrogens is 2. The minimum absolute atomic E-state index is 0.273. The lowest BCUT2D eigenvalue weighted by molar-refractivity contribution is 0.108. The van der Waals surface area contributed by atoms with Gasteiger partial charge in [0.25, 0.3) is 5.24 Å². The Morgan fingerprint density at radius 1 is 1.47 bits per heavy atom. The van der Waals surface area contributed by atoms with Gasteiger partial charge in [0.15, 0.2) is 0 Å². The third-order valence-corrected chi connectivity index (χ3v) is 2.16. The molecule has 76 valence electrons. The van der Waals surface area contributed by atoms with Gasteiger partial charge >= 0.3 is 0 Å². The van der Waals surface area contributed by atoms with Gasteiger partial charge < -0.3 is 4.52 Å². The van der Waals surface area contributed by atoms with Crippen LogP contribution in [0.15, 0.2) is 28.9 Å². The summed E-state index contributed by atoms with van der Waals surface area (Å²) in [5, 5.41) is 3.18. The number of nitrogens with zero attached hydrogens (tertiary/aromatic N) is 2. The summed E-state index contributed by atoms with van der Waals surface area (Å²) < 4.78 is 4.92. The molecule has 0 radical (unpaired) electrons. The summed E-state index contributed by atoms with van der Waals surface area (Å²) in [6, 6.07) is 5.31. The lowest BCUT2D eigenvalue weighted by Crippen LogP contribution is -1.94. The van der Waals surface area contributed by atoms with Crippen LogP contribution in [0, 0.1) is 6.92 Å². The summed E-state index contributed by atoms with van der Waals surface area (Å²) in [4.78, 5) is 15.2. The van der Waals surface area contributed by atoms with Crippen molar-refractivity contribution >= 4 is 16.8 Å². The third-order valence-electron chi connectivity index (χ3n) is 1.97. The van der Waals surface area contributed by atoms with Crippen LogP contribution in [-0.2, 0) is 0 Å². The van der Waals surface area contributed by atoms with Crippen molar-refractivity contribution < 1.29 is 9.32 Å². The largest absolute Gasteiger partial charge is 0.360 e. The van der Waals surface area contributed by atoms with Crippen molar-refractivity contribution in [2.45, 2.75) is 6.92 Å². The number of carbonyl (C=O) groups is 1. The van der Waals surface area contributed by atoms with E-state index in [2.05, 4.69) is 10.1 Å². The van der Waals surface area contributed by atoms with E-state index < -0.39 is 5.24 Å². The second-order valence-electron chi connectivity index (χ2n) is 2.95. The van der Waals surface area contributed by atoms with Crippen LogP contribution in [0.25, 0.3) is 11.4 Å². The van der Waals surface area contributed by atoms with Crippen molar-refractivity contribution in [3.63, 3.8) is 0 Å². The molecule has 0 aliphatic heterocycles. The Balaban J connectivity index is 2.59. The SMILES string of the molecule is Cc1onc(-c2ccccn2)c1C(=O)Cl. The van der Waals surface area contributed by atoms with Crippen molar-refractivity contribution in [3.05, 3.63) is 35.7 Å². The van der Waals surface area contributed by atoms with Gasteiger partial charge in [0.05, 0.1) is 5.69 Å². The molecule has 0 saturated carbocycles. The first-order valence-corrected chi connectivity index (χ1v) is 4.65. The highest BCUT2D eigenvalue weighted by molar-refractivity contribution is 6.68. The van der Waals surface area contributed by atoms with E-state index in [0.717, 1.165) is 0 Å². The first-order valence-electron chi connectivity index (χ1n) is 4.27. The first kappa shape index (κ1) is 9.86. The maximum absolute atomic E-state index is 11.2. The Hall–Kier alpha value is -1.68. The van der Waals surface area contributed by atoms with Crippen molar-refractivity contribution in [1.29, 1.82) is 0 Å². The molecular formula is C10H7ClN2O2. The quantitative estimate of drug-likeness (QED) is 0.733. The number of hydrogen-bond acceptors (Lipinski definition) is 4. The van der Waals surface area contributed by atoms with Gasteiger partial charge in [0, 0.05) is 6.20 Å². The standard InChI is InChI=1S/C10H7ClN2O2/c1-6-8(10(11)14)9(13-15-6)7-4-2-3-5-12-7/h2-5H,1H3. The Morgan fingerprint density at radius 2 is 2.27 bits per heavy atom. The molecule has 2 rings (SSSR count). The zero-order valence-electron chi connectivity index (χ0n) is 7.90. The molecule has 0 N–H and O–H groups in total. The smallest absolute Gasteiger partial charge is 0.258 e. The van der Waals surface area contributed by atoms with Crippen molar-refractivity contribution in [1.82, 2.24) is 10.1 Å². The van der Waals surface area contributed by atoms with Crippen LogP contribution in [0.3, 0.4) is 0 Å². The molecule has 0 unspecified atom stereocenters. The van der Waals surface area contributed by atoms with Crippen molar-refractivity contribution in [3.8, 4) is 11.4 Å². The summed E-state index contributed by atoms with van der Waals surface area (Å²) >= 11 is 5.44. The second-order valence-corrected chi connectivity index (χ2v) is 3.29. The Bertz CT molecular complexity index is 493. The molecule has 2 aromatic rings. The number of pyridine rings is 1. The molecule has 0 aliphatic carbocycles. The molecule has 0 aliphatic rings. The summed E-state index contributed by atoms with van der Waals surface area (Å²) in [5.74, 6) is 0.399. The van der Waals surface area contributed by atoms with Crippen LogP contribution in [0.5, 0.6) is 0 Å². The van der Waals surface area contributed by atoms with Gasteiger partial charge in [-0.05, 0) is 30.7 Å². The van der Waals surface area contributed by atoms with Gasteiger partial charge in [-0.25, -0.2) is 0 Å². The number of carbonyl (C=O) groups excluding carboxylic acids is 1. The molecule has 0 spiro atoms. The topological polar surface area (TPSA) is 56.0 Å². The van der Waals surface area contributed by atoms with E-state index in [-0.39, 0.29) is 5.56 Å². The van der Waals surface area contributed by atoms with E-state index in [0.29, 0.717) is 17.1 Å². The van der Waals surface area contributed by atoms with Gasteiger partial charge in [-0.1, -0.05) is 11.2 Å². The molecule has 0 amide bonds. The second kappa shape index (κ2) is 3.82. The summed E-state index contributed by atoms with van der Waals surface area (Å²) in [6.07, 6.45) is 1.61. The zero-order chi connectivity index (χ0) is 10.8. The monoisotopic (exact) mass is 222 g/mol. The fourth-order valence-corrected chi connectivity index (χ4v) is 1.50. The molecule has 0 fully saturated rings. The Morgan fingerprint density at radius 3 is 2.87 bits per heavy atom. The molecule has 2 aromatic heterocycles. The highest BCUT2D eigenvalue weighted by Crippen LogP contribution is 2.24. The molecule has 5 heteroatoms. The van der Waals surface area contributed by atoms with E-state index in [4.69, 9.17) is 16.1 Å². The molecule has 0 bridgehead atoms. The number of halogens is 1. The van der Waals surface area contributed by atoms with Crippen LogP contribution < -0.4 is 0 Å². The lowest BCUT2D eigenvalue weighted by atomic mass is 10.1. The van der Waals surface area contributed by atoms with Gasteiger partial charge in [0.2, 0.25) is 0 Å². The third kappa shape index (κ3) is 1.76. The molecule has 4 nitrogen and oxygen atoms in total. The molecule has 0 atom stereocenters. The van der Waals surface area contributed by atoms with E-state index in [1.165, 1.54) is 0 Å². The normalized spacial score (nSPS) is 10.3. The van der Waals surface area contributed by atoms with Crippen LogP contribution in [0.2, 0.25) is 0 Å². The van der Waals surface area contributed by atoms with Crippen LogP contribution in [0.1, 0.15) is 16.1 Å². The lowest BCUT2D eigenvalue weighted by Gasteiger charge is -1.95. The predicted molar refractivity (Wildman–Crippen MR) is 54.7 cm³/mol. The number of rotatable bonds is 2. The van der Waals surface area contributed by atoms with Crippen LogP contribution in [-0.4, -0.2) is 15.4 Å². The van der Waals surface area contributed by atoms with Crippen LogP contribution >= 0.6 is 11.6 Å². The van der Waals surface area contributed by atoms with E-state index in [1.807, 2.05) is 0 Å². The van der Waals surface area contributed by atoms with Gasteiger partial charge in [0.1, 0.15) is 17.0 Å². The molecule has 0 aromatic carbocycles. The van der Waals surface area contributed by atoms with Crippen LogP contribution in [0.4, 0.5) is 0 Å². The summed E-state index contributed by atoms with van der Waals surface area (Å²) in [6.45, 7) is 1.63. The maximum Gasteiger partial charge on any atom is 0.258 e.